The second-order valence-corrected chi connectivity index (χ2v) is 7.94. The predicted molar refractivity (Wildman–Crippen MR) is 87.4 cm³/mol. The molecular weight excluding hydrogens is 312 g/mol. The Morgan fingerprint density at radius 1 is 1.00 bits per heavy atom. The van der Waals surface area contributed by atoms with Crippen LogP contribution in [0, 0.1) is 12.8 Å². The van der Waals surface area contributed by atoms with E-state index < -0.39 is 21.0 Å². The molecule has 0 amide bonds. The van der Waals surface area contributed by atoms with Gasteiger partial charge < -0.3 is 9.53 Å². The number of carbonyl (C=O) groups excluding carboxylic acids is 1. The van der Waals surface area contributed by atoms with Gasteiger partial charge in [-0.1, -0.05) is 29.8 Å². The van der Waals surface area contributed by atoms with Crippen molar-refractivity contribution in [2.75, 3.05) is 7.11 Å². The van der Waals surface area contributed by atoms with E-state index >= 15 is 0 Å². The Morgan fingerprint density at radius 3 is 2.13 bits per heavy atom. The lowest BCUT2D eigenvalue weighted by Crippen LogP contribution is -2.11. The first-order chi connectivity index (χ1) is 11.0. The number of ether oxygens (including phenoxy) is 1. The molecule has 1 aliphatic carbocycles. The van der Waals surface area contributed by atoms with Crippen LogP contribution in [0.1, 0.15) is 17.0 Å². The van der Waals surface area contributed by atoms with Crippen molar-refractivity contribution in [3.63, 3.8) is 0 Å². The summed E-state index contributed by atoms with van der Waals surface area (Å²) in [5.74, 6) is -0.0746. The molecule has 23 heavy (non-hydrogen) atoms. The summed E-state index contributed by atoms with van der Waals surface area (Å²) in [6, 6.07) is 14.0. The molecule has 5 heteroatoms. The lowest BCUT2D eigenvalue weighted by Gasteiger charge is -2.05. The Bertz CT molecular complexity index is 807. The Morgan fingerprint density at radius 2 is 1.61 bits per heavy atom. The largest absolute Gasteiger partial charge is 0.497 e. The molecule has 0 heterocycles. The number of methoxy groups -OCH3 is 1. The molecule has 0 unspecified atom stereocenters. The first-order valence-corrected chi connectivity index (χ1v) is 8.93. The van der Waals surface area contributed by atoms with E-state index in [2.05, 4.69) is 0 Å². The first-order valence-electron chi connectivity index (χ1n) is 7.39. The molecule has 1 fully saturated rings. The average Bonchev–Trinajstić information content (AvgIpc) is 3.31. The van der Waals surface area contributed by atoms with E-state index in [9.17, 15) is 13.2 Å². The van der Waals surface area contributed by atoms with Crippen LogP contribution in [0.3, 0.4) is 0 Å². The fourth-order valence-corrected chi connectivity index (χ4v) is 5.10. The molecule has 1 aliphatic rings. The van der Waals surface area contributed by atoms with E-state index in [1.54, 1.807) is 43.5 Å². The maximum atomic E-state index is 12.8. The van der Waals surface area contributed by atoms with Crippen LogP contribution >= 0.6 is 0 Å². The third-order valence-corrected chi connectivity index (χ3v) is 6.63. The zero-order chi connectivity index (χ0) is 16.6. The minimum absolute atomic E-state index is 0.274. The maximum absolute atomic E-state index is 12.8. The van der Waals surface area contributed by atoms with E-state index in [1.807, 2.05) is 19.1 Å². The normalized spacial score (nSPS) is 23.3. The van der Waals surface area contributed by atoms with Gasteiger partial charge in [0.1, 0.15) is 12.0 Å². The summed E-state index contributed by atoms with van der Waals surface area (Å²) in [4.78, 5) is 11.6. The summed E-state index contributed by atoms with van der Waals surface area (Å²) in [6.45, 7) is 1.90. The minimum atomic E-state index is -3.52. The number of sulfone groups is 1. The van der Waals surface area contributed by atoms with E-state index in [4.69, 9.17) is 4.74 Å². The Hall–Kier alpha value is -2.14. The highest BCUT2D eigenvalue weighted by molar-refractivity contribution is 7.92. The van der Waals surface area contributed by atoms with Crippen LogP contribution in [0.4, 0.5) is 0 Å². The van der Waals surface area contributed by atoms with Crippen LogP contribution < -0.4 is 4.74 Å². The van der Waals surface area contributed by atoms with Gasteiger partial charge in [-0.25, -0.2) is 8.42 Å². The topological polar surface area (TPSA) is 60.4 Å². The molecule has 120 valence electrons. The molecular formula is C18H18O4S. The molecule has 0 radical (unpaired) electrons. The molecule has 0 spiro atoms. The Balaban J connectivity index is 1.92. The van der Waals surface area contributed by atoms with Crippen molar-refractivity contribution in [2.45, 2.75) is 23.0 Å². The van der Waals surface area contributed by atoms with Gasteiger partial charge in [0.15, 0.2) is 9.84 Å². The maximum Gasteiger partial charge on any atom is 0.182 e. The highest BCUT2D eigenvalue weighted by Crippen LogP contribution is 2.53. The van der Waals surface area contributed by atoms with Gasteiger partial charge in [-0.05, 0) is 36.8 Å². The van der Waals surface area contributed by atoms with E-state index in [-0.39, 0.29) is 10.8 Å². The van der Waals surface area contributed by atoms with Gasteiger partial charge in [0, 0.05) is 11.8 Å². The van der Waals surface area contributed by atoms with Crippen molar-refractivity contribution < 1.29 is 17.9 Å². The van der Waals surface area contributed by atoms with Crippen molar-refractivity contribution >= 4 is 16.1 Å². The quantitative estimate of drug-likeness (QED) is 0.791. The fourth-order valence-electron chi connectivity index (χ4n) is 2.99. The molecule has 3 atom stereocenters. The van der Waals surface area contributed by atoms with Crippen LogP contribution in [0.2, 0.25) is 0 Å². The second kappa shape index (κ2) is 5.81. The molecule has 0 saturated heterocycles. The fraction of sp³-hybridized carbons (Fsp3) is 0.278. The monoisotopic (exact) mass is 330 g/mol. The molecule has 0 aliphatic heterocycles. The number of rotatable bonds is 5. The van der Waals surface area contributed by atoms with Gasteiger partial charge in [0.25, 0.3) is 0 Å². The summed E-state index contributed by atoms with van der Waals surface area (Å²) in [5, 5.41) is -0.684. The number of benzene rings is 2. The number of carbonyl (C=O) groups is 1. The van der Waals surface area contributed by atoms with Crippen LogP contribution in [0.15, 0.2) is 53.4 Å². The van der Waals surface area contributed by atoms with Gasteiger partial charge in [-0.15, -0.1) is 0 Å². The van der Waals surface area contributed by atoms with Gasteiger partial charge in [0.2, 0.25) is 0 Å². The van der Waals surface area contributed by atoms with E-state index in [0.29, 0.717) is 5.75 Å². The zero-order valence-electron chi connectivity index (χ0n) is 13.0. The molecule has 2 aromatic carbocycles. The summed E-state index contributed by atoms with van der Waals surface area (Å²) in [6.07, 6.45) is 0.755. The SMILES string of the molecule is COc1ccc([C@H]2[C@@H](C=O)[C@@H]2S(=O)(=O)c2ccc(C)cc2)cc1. The number of hydrogen-bond donors (Lipinski definition) is 0. The molecule has 4 nitrogen and oxygen atoms in total. The molecule has 0 N–H and O–H groups in total. The van der Waals surface area contributed by atoms with Gasteiger partial charge in [0.05, 0.1) is 17.3 Å². The van der Waals surface area contributed by atoms with Gasteiger partial charge in [-0.2, -0.15) is 0 Å². The smallest absolute Gasteiger partial charge is 0.182 e. The van der Waals surface area contributed by atoms with Crippen LogP contribution in [0.25, 0.3) is 0 Å². The molecule has 1 saturated carbocycles. The third-order valence-electron chi connectivity index (χ3n) is 4.37. The van der Waals surface area contributed by atoms with E-state index in [1.165, 1.54) is 0 Å². The van der Waals surface area contributed by atoms with Crippen molar-refractivity contribution in [2.24, 2.45) is 5.92 Å². The van der Waals surface area contributed by atoms with Crippen LogP contribution in [0.5, 0.6) is 5.75 Å². The number of aryl methyl sites for hydroxylation is 1. The van der Waals surface area contributed by atoms with Crippen molar-refractivity contribution in [1.82, 2.24) is 0 Å². The standard InChI is InChI=1S/C18H18O4S/c1-12-3-9-15(10-4-12)23(20,21)18-16(11-19)17(18)13-5-7-14(22-2)8-6-13/h3-11,16-18H,1-2H3/t16-,17+,18+/m1/s1. The predicted octanol–water partition coefficient (Wildman–Crippen LogP) is 2.76. The molecule has 2 aromatic rings. The Labute approximate surface area is 136 Å². The van der Waals surface area contributed by atoms with Crippen LogP contribution in [-0.4, -0.2) is 27.1 Å². The first kappa shape index (κ1) is 15.7. The molecule has 0 bridgehead atoms. The summed E-state index contributed by atoms with van der Waals surface area (Å²) >= 11 is 0. The lowest BCUT2D eigenvalue weighted by atomic mass is 10.1. The molecule has 3 rings (SSSR count). The van der Waals surface area contributed by atoms with Crippen molar-refractivity contribution in [3.05, 3.63) is 59.7 Å². The second-order valence-electron chi connectivity index (χ2n) is 5.84. The summed E-state index contributed by atoms with van der Waals surface area (Å²) in [7, 11) is -1.94. The third kappa shape index (κ3) is 2.77. The van der Waals surface area contributed by atoms with Gasteiger partial charge >= 0.3 is 0 Å². The van der Waals surface area contributed by atoms with E-state index in [0.717, 1.165) is 17.4 Å². The minimum Gasteiger partial charge on any atom is -0.497 e. The van der Waals surface area contributed by atoms with Crippen molar-refractivity contribution in [3.8, 4) is 5.75 Å². The Kier molecular flexibility index (Phi) is 3.98. The van der Waals surface area contributed by atoms with Crippen LogP contribution in [-0.2, 0) is 14.6 Å². The molecule has 0 aromatic heterocycles. The average molecular weight is 330 g/mol. The van der Waals surface area contributed by atoms with Crippen molar-refractivity contribution in [1.29, 1.82) is 0 Å². The number of hydrogen-bond acceptors (Lipinski definition) is 4. The summed E-state index contributed by atoms with van der Waals surface area (Å²) < 4.78 is 30.7. The highest BCUT2D eigenvalue weighted by atomic mass is 32.2. The zero-order valence-corrected chi connectivity index (χ0v) is 13.8. The number of aldehydes is 1. The summed E-state index contributed by atoms with van der Waals surface area (Å²) in [5.41, 5.74) is 1.85. The lowest BCUT2D eigenvalue weighted by molar-refractivity contribution is -0.108. The highest BCUT2D eigenvalue weighted by Gasteiger charge is 2.59. The van der Waals surface area contributed by atoms with Gasteiger partial charge in [-0.3, -0.25) is 0 Å².